The summed E-state index contributed by atoms with van der Waals surface area (Å²) in [4.78, 5) is 13.6. The molecule has 0 radical (unpaired) electrons. The summed E-state index contributed by atoms with van der Waals surface area (Å²) in [5, 5.41) is 0. The molecule has 2 atom stereocenters. The lowest BCUT2D eigenvalue weighted by atomic mass is 10.2. The molecule has 21 heavy (non-hydrogen) atoms. The molecule has 1 amide bonds. The zero-order chi connectivity index (χ0) is 16.3. The number of carbonyl (C=O) groups is 1. The van der Waals surface area contributed by atoms with Crippen molar-refractivity contribution in [1.82, 2.24) is 4.90 Å². The molecule has 0 aromatic rings. The Balaban J connectivity index is 2.59. The number of morpholine rings is 1. The van der Waals surface area contributed by atoms with E-state index in [4.69, 9.17) is 9.47 Å². The van der Waals surface area contributed by atoms with Crippen LogP contribution in [0.2, 0.25) is 0 Å². The Bertz CT molecular complexity index is 424. The smallest absolute Gasteiger partial charge is 0.410 e. The molecule has 6 nitrogen and oxygen atoms in total. The molecule has 1 fully saturated rings. The van der Waals surface area contributed by atoms with Crippen LogP contribution in [0.3, 0.4) is 0 Å². The van der Waals surface area contributed by atoms with Crippen molar-refractivity contribution < 1.29 is 18.5 Å². The van der Waals surface area contributed by atoms with Gasteiger partial charge in [0.05, 0.1) is 17.9 Å². The second-order valence-corrected chi connectivity index (χ2v) is 8.89. The van der Waals surface area contributed by atoms with Crippen LogP contribution >= 0.6 is 0 Å². The third kappa shape index (κ3) is 6.56. The minimum Gasteiger partial charge on any atom is -0.444 e. The molecule has 0 saturated carbocycles. The SMILES string of the molecule is CC(C)(C)OC(=O)N1CCO[C@@H](C=N[S@@](=O)C(C)(C)C)C1. The van der Waals surface area contributed by atoms with Crippen LogP contribution in [0.15, 0.2) is 4.40 Å². The van der Waals surface area contributed by atoms with Crippen LogP contribution in [0.25, 0.3) is 0 Å². The second kappa shape index (κ2) is 6.87. The maximum Gasteiger partial charge on any atom is 0.410 e. The molecular weight excluding hydrogens is 292 g/mol. The zero-order valence-electron chi connectivity index (χ0n) is 13.7. The quantitative estimate of drug-likeness (QED) is 0.732. The van der Waals surface area contributed by atoms with Gasteiger partial charge in [-0.15, -0.1) is 0 Å². The standard InChI is InChI=1S/C14H26N2O4S/c1-13(2,3)20-12(17)16-7-8-19-11(10-16)9-15-21(18)14(4,5)6/h9,11H,7-8,10H2,1-6H3/t11-,21-/m0/s1. The Hall–Kier alpha value is -0.950. The van der Waals surface area contributed by atoms with Crippen molar-refractivity contribution in [3.8, 4) is 0 Å². The summed E-state index contributed by atoms with van der Waals surface area (Å²) < 4.78 is 26.3. The van der Waals surface area contributed by atoms with Gasteiger partial charge in [0.2, 0.25) is 0 Å². The summed E-state index contributed by atoms with van der Waals surface area (Å²) in [5.74, 6) is 0. The Morgan fingerprint density at radius 2 is 1.95 bits per heavy atom. The largest absolute Gasteiger partial charge is 0.444 e. The maximum absolute atomic E-state index is 12.0. The molecule has 1 heterocycles. The first kappa shape index (κ1) is 18.1. The first-order valence-electron chi connectivity index (χ1n) is 7.05. The number of carbonyl (C=O) groups excluding carboxylic acids is 1. The molecule has 7 heteroatoms. The zero-order valence-corrected chi connectivity index (χ0v) is 14.5. The minimum absolute atomic E-state index is 0.349. The van der Waals surface area contributed by atoms with E-state index in [9.17, 15) is 9.00 Å². The molecule has 0 unspecified atom stereocenters. The molecule has 0 aromatic carbocycles. The summed E-state index contributed by atoms with van der Waals surface area (Å²) in [6.45, 7) is 12.3. The van der Waals surface area contributed by atoms with E-state index >= 15 is 0 Å². The van der Waals surface area contributed by atoms with Crippen molar-refractivity contribution in [2.24, 2.45) is 4.40 Å². The highest BCUT2D eigenvalue weighted by Gasteiger charge is 2.28. The topological polar surface area (TPSA) is 68.2 Å². The fraction of sp³-hybridized carbons (Fsp3) is 0.857. The summed E-state index contributed by atoms with van der Waals surface area (Å²) in [5.41, 5.74) is -0.521. The van der Waals surface area contributed by atoms with Crippen molar-refractivity contribution >= 4 is 23.3 Å². The van der Waals surface area contributed by atoms with E-state index in [0.29, 0.717) is 19.7 Å². The normalized spacial score (nSPS) is 22.4. The highest BCUT2D eigenvalue weighted by atomic mass is 32.2. The summed E-state index contributed by atoms with van der Waals surface area (Å²) in [6, 6.07) is 0. The Labute approximate surface area is 129 Å². The van der Waals surface area contributed by atoms with Crippen LogP contribution in [0, 0.1) is 0 Å². The van der Waals surface area contributed by atoms with Gasteiger partial charge < -0.3 is 14.4 Å². The monoisotopic (exact) mass is 318 g/mol. The average molecular weight is 318 g/mol. The van der Waals surface area contributed by atoms with Crippen molar-refractivity contribution in [3.63, 3.8) is 0 Å². The second-order valence-electron chi connectivity index (χ2n) is 6.95. The highest BCUT2D eigenvalue weighted by Crippen LogP contribution is 2.14. The van der Waals surface area contributed by atoms with Crippen LogP contribution in [0.1, 0.15) is 41.5 Å². The van der Waals surface area contributed by atoms with Crippen LogP contribution in [-0.2, 0) is 20.5 Å². The van der Waals surface area contributed by atoms with Crippen LogP contribution in [-0.4, -0.2) is 57.6 Å². The summed E-state index contributed by atoms with van der Waals surface area (Å²) in [7, 11) is -1.32. The van der Waals surface area contributed by atoms with Crippen molar-refractivity contribution in [2.75, 3.05) is 19.7 Å². The van der Waals surface area contributed by atoms with Crippen LogP contribution < -0.4 is 0 Å². The molecule has 122 valence electrons. The van der Waals surface area contributed by atoms with Gasteiger partial charge >= 0.3 is 6.09 Å². The Morgan fingerprint density at radius 1 is 1.33 bits per heavy atom. The number of amides is 1. The summed E-state index contributed by atoms with van der Waals surface area (Å²) >= 11 is 0. The van der Waals surface area contributed by atoms with E-state index in [0.717, 1.165) is 0 Å². The van der Waals surface area contributed by atoms with E-state index in [1.807, 2.05) is 41.5 Å². The fourth-order valence-electron chi connectivity index (χ4n) is 1.54. The number of hydrogen-bond acceptors (Lipinski definition) is 4. The minimum atomic E-state index is -1.32. The highest BCUT2D eigenvalue weighted by molar-refractivity contribution is 7.85. The molecule has 0 aliphatic carbocycles. The predicted octanol–water partition coefficient (Wildman–Crippen LogP) is 2.16. The Kier molecular flexibility index (Phi) is 5.92. The van der Waals surface area contributed by atoms with E-state index in [1.165, 1.54) is 6.21 Å². The molecule has 0 N–H and O–H groups in total. The fourth-order valence-corrected chi connectivity index (χ4v) is 2.10. The molecular formula is C14H26N2O4S. The summed E-state index contributed by atoms with van der Waals surface area (Å²) in [6.07, 6.45) is 0.816. The van der Waals surface area contributed by atoms with Crippen molar-refractivity contribution in [3.05, 3.63) is 0 Å². The van der Waals surface area contributed by atoms with Crippen LogP contribution in [0.5, 0.6) is 0 Å². The number of hydrogen-bond donors (Lipinski definition) is 0. The average Bonchev–Trinajstić information content (AvgIpc) is 2.33. The number of ether oxygens (including phenoxy) is 2. The van der Waals surface area contributed by atoms with Gasteiger partial charge in [-0.3, -0.25) is 0 Å². The predicted molar refractivity (Wildman–Crippen MR) is 83.9 cm³/mol. The van der Waals surface area contributed by atoms with Gasteiger partial charge in [0, 0.05) is 12.8 Å². The van der Waals surface area contributed by atoms with Gasteiger partial charge in [0.25, 0.3) is 0 Å². The first-order chi connectivity index (χ1) is 9.49. The van der Waals surface area contributed by atoms with Gasteiger partial charge in [-0.2, -0.15) is 4.40 Å². The van der Waals surface area contributed by atoms with Gasteiger partial charge in [-0.25, -0.2) is 9.00 Å². The molecule has 1 aliphatic rings. The van der Waals surface area contributed by atoms with Gasteiger partial charge in [-0.05, 0) is 41.5 Å². The molecule has 1 saturated heterocycles. The third-order valence-electron chi connectivity index (χ3n) is 2.59. The third-order valence-corrected chi connectivity index (χ3v) is 3.95. The van der Waals surface area contributed by atoms with Gasteiger partial charge in [0.1, 0.15) is 22.7 Å². The molecule has 0 spiro atoms. The van der Waals surface area contributed by atoms with Crippen molar-refractivity contribution in [2.45, 2.75) is 58.0 Å². The molecule has 1 rings (SSSR count). The first-order valence-corrected chi connectivity index (χ1v) is 8.15. The van der Waals surface area contributed by atoms with Crippen molar-refractivity contribution in [1.29, 1.82) is 0 Å². The maximum atomic E-state index is 12.0. The lowest BCUT2D eigenvalue weighted by molar-refractivity contribution is -0.0196. The van der Waals surface area contributed by atoms with Gasteiger partial charge in [-0.1, -0.05) is 0 Å². The lowest BCUT2D eigenvalue weighted by Crippen LogP contribution is -2.48. The Morgan fingerprint density at radius 3 is 2.48 bits per heavy atom. The number of rotatable bonds is 2. The van der Waals surface area contributed by atoms with E-state index in [-0.39, 0.29) is 12.2 Å². The van der Waals surface area contributed by atoms with E-state index in [1.54, 1.807) is 4.90 Å². The molecule has 1 aliphatic heterocycles. The van der Waals surface area contributed by atoms with E-state index < -0.39 is 21.3 Å². The van der Waals surface area contributed by atoms with E-state index in [2.05, 4.69) is 4.40 Å². The van der Waals surface area contributed by atoms with Crippen LogP contribution in [0.4, 0.5) is 4.79 Å². The molecule has 0 bridgehead atoms. The molecule has 0 aromatic heterocycles. The number of nitrogens with zero attached hydrogens (tertiary/aromatic N) is 2. The van der Waals surface area contributed by atoms with Gasteiger partial charge in [0.15, 0.2) is 0 Å². The lowest BCUT2D eigenvalue weighted by Gasteiger charge is -2.32.